The second kappa shape index (κ2) is 8.89. The molecule has 0 unspecified atom stereocenters. The van der Waals surface area contributed by atoms with Gasteiger partial charge in [-0.15, -0.1) is 0 Å². The fraction of sp³-hybridized carbons (Fsp3) is 0.217. The molecule has 0 aliphatic carbocycles. The topological polar surface area (TPSA) is 98.2 Å². The SMILES string of the molecule is CNc1nc(-c2ccn3c(-c4cccc(CC(=O)CCC(F)(F)F)c4)cnc3c2)ncc1N. The molecule has 3 N–H and O–H groups in total. The van der Waals surface area contributed by atoms with Gasteiger partial charge in [0.15, 0.2) is 11.6 Å². The number of hydrogen-bond acceptors (Lipinski definition) is 6. The minimum Gasteiger partial charge on any atom is -0.394 e. The summed E-state index contributed by atoms with van der Waals surface area (Å²) in [6, 6.07) is 10.9. The summed E-state index contributed by atoms with van der Waals surface area (Å²) in [4.78, 5) is 25.1. The standard InChI is InChI=1S/C23H21F3N6O/c1-28-22-18(27)12-30-21(31-22)16-6-8-32-19(13-29-20(32)11-16)15-4-2-3-14(9-15)10-17(33)5-7-23(24,25)26/h2-4,6,8-9,11-13H,5,7,10,27H2,1H3,(H,28,30,31). The maximum atomic E-state index is 12.4. The van der Waals surface area contributed by atoms with E-state index in [0.717, 1.165) is 16.8 Å². The number of anilines is 2. The van der Waals surface area contributed by atoms with Crippen molar-refractivity contribution in [1.82, 2.24) is 19.4 Å². The number of carbonyl (C=O) groups excluding carboxylic acids is 1. The van der Waals surface area contributed by atoms with Gasteiger partial charge < -0.3 is 11.1 Å². The number of imidazole rings is 1. The van der Waals surface area contributed by atoms with Crippen LogP contribution in [0.3, 0.4) is 0 Å². The van der Waals surface area contributed by atoms with E-state index in [4.69, 9.17) is 5.73 Å². The molecule has 33 heavy (non-hydrogen) atoms. The molecule has 3 aromatic heterocycles. The second-order valence-corrected chi connectivity index (χ2v) is 7.57. The van der Waals surface area contributed by atoms with E-state index in [1.54, 1.807) is 31.4 Å². The molecule has 10 heteroatoms. The Bertz CT molecular complexity index is 1320. The first-order valence-corrected chi connectivity index (χ1v) is 10.2. The molecule has 0 spiro atoms. The lowest BCUT2D eigenvalue weighted by Gasteiger charge is -2.08. The predicted octanol–water partition coefficient (Wildman–Crippen LogP) is 4.54. The molecule has 0 aliphatic heterocycles. The summed E-state index contributed by atoms with van der Waals surface area (Å²) in [6.07, 6.45) is -0.925. The molecule has 0 amide bonds. The summed E-state index contributed by atoms with van der Waals surface area (Å²) in [5, 5.41) is 2.93. The second-order valence-electron chi connectivity index (χ2n) is 7.57. The van der Waals surface area contributed by atoms with Crippen molar-refractivity contribution in [2.45, 2.75) is 25.4 Å². The van der Waals surface area contributed by atoms with Crippen LogP contribution in [0.5, 0.6) is 0 Å². The number of carbonyl (C=O) groups is 1. The van der Waals surface area contributed by atoms with Crippen LogP contribution in [0.15, 0.2) is 55.0 Å². The van der Waals surface area contributed by atoms with Crippen LogP contribution >= 0.6 is 0 Å². The van der Waals surface area contributed by atoms with Crippen LogP contribution in [0.2, 0.25) is 0 Å². The van der Waals surface area contributed by atoms with Gasteiger partial charge in [-0.3, -0.25) is 9.20 Å². The van der Waals surface area contributed by atoms with E-state index < -0.39 is 24.8 Å². The van der Waals surface area contributed by atoms with E-state index in [0.29, 0.717) is 28.5 Å². The number of nitrogen functional groups attached to an aromatic ring is 1. The molecule has 4 rings (SSSR count). The molecular formula is C23H21F3N6O. The third kappa shape index (κ3) is 5.11. The van der Waals surface area contributed by atoms with Gasteiger partial charge >= 0.3 is 6.18 Å². The van der Waals surface area contributed by atoms with Gasteiger partial charge in [-0.25, -0.2) is 15.0 Å². The molecule has 4 aromatic rings. The first kappa shape index (κ1) is 22.3. The zero-order valence-electron chi connectivity index (χ0n) is 17.7. The van der Waals surface area contributed by atoms with E-state index in [-0.39, 0.29) is 6.42 Å². The van der Waals surface area contributed by atoms with Crippen LogP contribution in [-0.2, 0) is 11.2 Å². The van der Waals surface area contributed by atoms with E-state index in [1.807, 2.05) is 28.8 Å². The zero-order chi connectivity index (χ0) is 23.6. The van der Waals surface area contributed by atoms with Crippen molar-refractivity contribution in [3.63, 3.8) is 0 Å². The highest BCUT2D eigenvalue weighted by molar-refractivity contribution is 5.81. The van der Waals surface area contributed by atoms with Crippen LogP contribution in [-0.4, -0.2) is 38.4 Å². The van der Waals surface area contributed by atoms with Crippen LogP contribution in [0.4, 0.5) is 24.7 Å². The average molecular weight is 454 g/mol. The van der Waals surface area contributed by atoms with Gasteiger partial charge in [0.1, 0.15) is 11.4 Å². The van der Waals surface area contributed by atoms with Gasteiger partial charge in [-0.1, -0.05) is 18.2 Å². The number of nitrogens with zero attached hydrogens (tertiary/aromatic N) is 4. The molecule has 0 saturated heterocycles. The summed E-state index contributed by atoms with van der Waals surface area (Å²) in [6.45, 7) is 0. The molecule has 170 valence electrons. The number of rotatable bonds is 7. The number of fused-ring (bicyclic) bond motifs is 1. The van der Waals surface area contributed by atoms with Crippen molar-refractivity contribution in [1.29, 1.82) is 0 Å². The van der Waals surface area contributed by atoms with E-state index in [1.165, 1.54) is 6.20 Å². The van der Waals surface area contributed by atoms with Gasteiger partial charge in [-0.05, 0) is 23.8 Å². The number of Topliss-reactive ketones (excluding diaryl/α,β-unsaturated/α-hetero) is 1. The highest BCUT2D eigenvalue weighted by Crippen LogP contribution is 2.27. The van der Waals surface area contributed by atoms with Crippen LogP contribution in [0.1, 0.15) is 18.4 Å². The summed E-state index contributed by atoms with van der Waals surface area (Å²) in [7, 11) is 1.73. The Morgan fingerprint density at radius 1 is 1.12 bits per heavy atom. The number of alkyl halides is 3. The maximum Gasteiger partial charge on any atom is 0.389 e. The number of aromatic nitrogens is 4. The van der Waals surface area contributed by atoms with Crippen molar-refractivity contribution in [3.05, 3.63) is 60.6 Å². The Morgan fingerprint density at radius 2 is 1.94 bits per heavy atom. The van der Waals surface area contributed by atoms with Gasteiger partial charge in [0.05, 0.1) is 30.2 Å². The monoisotopic (exact) mass is 454 g/mol. The van der Waals surface area contributed by atoms with E-state index in [2.05, 4.69) is 20.3 Å². The third-order valence-electron chi connectivity index (χ3n) is 5.14. The first-order chi connectivity index (χ1) is 15.7. The molecule has 3 heterocycles. The van der Waals surface area contributed by atoms with Gasteiger partial charge in [-0.2, -0.15) is 13.2 Å². The maximum absolute atomic E-state index is 12.4. The number of ketones is 1. The quantitative estimate of drug-likeness (QED) is 0.426. The van der Waals surface area contributed by atoms with Crippen molar-refractivity contribution < 1.29 is 18.0 Å². The van der Waals surface area contributed by atoms with Gasteiger partial charge in [0, 0.05) is 37.2 Å². The normalized spacial score (nSPS) is 11.6. The summed E-state index contributed by atoms with van der Waals surface area (Å²) >= 11 is 0. The molecule has 0 aliphatic rings. The summed E-state index contributed by atoms with van der Waals surface area (Å²) in [5.41, 5.74) is 9.96. The molecule has 0 atom stereocenters. The van der Waals surface area contributed by atoms with Crippen LogP contribution in [0.25, 0.3) is 28.3 Å². The fourth-order valence-corrected chi connectivity index (χ4v) is 3.50. The minimum atomic E-state index is -4.33. The number of nitrogens with one attached hydrogen (secondary N) is 1. The Kier molecular flexibility index (Phi) is 5.99. The van der Waals surface area contributed by atoms with Gasteiger partial charge in [0.2, 0.25) is 0 Å². The average Bonchev–Trinajstić information content (AvgIpc) is 3.21. The molecule has 7 nitrogen and oxygen atoms in total. The number of halogens is 3. The zero-order valence-corrected chi connectivity index (χ0v) is 17.7. The molecule has 0 radical (unpaired) electrons. The number of pyridine rings is 1. The molecule has 0 fully saturated rings. The fourth-order valence-electron chi connectivity index (χ4n) is 3.50. The van der Waals surface area contributed by atoms with E-state index in [9.17, 15) is 18.0 Å². The number of hydrogen-bond donors (Lipinski definition) is 2. The third-order valence-corrected chi connectivity index (χ3v) is 5.14. The molecule has 0 saturated carbocycles. The van der Waals surface area contributed by atoms with Crippen molar-refractivity contribution in [3.8, 4) is 22.6 Å². The number of benzene rings is 1. The molecular weight excluding hydrogens is 433 g/mol. The van der Waals surface area contributed by atoms with Crippen molar-refractivity contribution >= 4 is 22.9 Å². The van der Waals surface area contributed by atoms with Crippen LogP contribution < -0.4 is 11.1 Å². The minimum absolute atomic E-state index is 0.0485. The lowest BCUT2D eigenvalue weighted by atomic mass is 10.0. The largest absolute Gasteiger partial charge is 0.394 e. The number of nitrogens with two attached hydrogens (primary N) is 1. The Balaban J connectivity index is 1.58. The summed E-state index contributed by atoms with van der Waals surface area (Å²) in [5.74, 6) is 0.585. The highest BCUT2D eigenvalue weighted by atomic mass is 19.4. The van der Waals surface area contributed by atoms with Crippen LogP contribution in [0, 0.1) is 0 Å². The predicted molar refractivity (Wildman–Crippen MR) is 120 cm³/mol. The smallest absolute Gasteiger partial charge is 0.389 e. The van der Waals surface area contributed by atoms with Crippen molar-refractivity contribution in [2.24, 2.45) is 0 Å². The van der Waals surface area contributed by atoms with Crippen molar-refractivity contribution in [2.75, 3.05) is 18.1 Å². The Morgan fingerprint density at radius 3 is 2.70 bits per heavy atom. The molecule has 1 aromatic carbocycles. The van der Waals surface area contributed by atoms with Gasteiger partial charge in [0.25, 0.3) is 0 Å². The first-order valence-electron chi connectivity index (χ1n) is 10.2. The Labute approximate surface area is 187 Å². The lowest BCUT2D eigenvalue weighted by molar-refractivity contribution is -0.143. The molecule has 0 bridgehead atoms. The Hall–Kier alpha value is -3.95. The highest BCUT2D eigenvalue weighted by Gasteiger charge is 2.27. The van der Waals surface area contributed by atoms with E-state index >= 15 is 0 Å². The lowest BCUT2D eigenvalue weighted by Crippen LogP contribution is -2.12. The summed E-state index contributed by atoms with van der Waals surface area (Å²) < 4.78 is 39.0.